The van der Waals surface area contributed by atoms with Gasteiger partial charge in [0.05, 0.1) is 9.82 Å². The van der Waals surface area contributed by atoms with Gasteiger partial charge in [-0.3, -0.25) is 10.1 Å². The van der Waals surface area contributed by atoms with E-state index < -0.39 is 14.9 Å². The number of benzene rings is 1. The fraction of sp³-hybridized carbons (Fsp3) is 0.385. The number of nitrogens with one attached hydrogen (secondary N) is 1. The Balaban J connectivity index is 3.31. The SMILES string of the molecule is C=CCNc1ccc(S(=O)(=O)N(CC)CC)cc1[N+](=O)[O-]. The van der Waals surface area contributed by atoms with Crippen molar-refractivity contribution in [2.75, 3.05) is 25.0 Å². The van der Waals surface area contributed by atoms with Gasteiger partial charge < -0.3 is 5.32 Å². The molecule has 0 radical (unpaired) electrons. The third-order valence-electron chi connectivity index (χ3n) is 2.95. The van der Waals surface area contributed by atoms with Crippen molar-refractivity contribution in [3.05, 3.63) is 41.0 Å². The maximum atomic E-state index is 12.4. The zero-order chi connectivity index (χ0) is 16.0. The van der Waals surface area contributed by atoms with Gasteiger partial charge in [0, 0.05) is 25.7 Å². The summed E-state index contributed by atoms with van der Waals surface area (Å²) < 4.78 is 26.0. The highest BCUT2D eigenvalue weighted by Gasteiger charge is 2.25. The Kier molecular flexibility index (Phi) is 5.86. The Labute approximate surface area is 124 Å². The Morgan fingerprint density at radius 3 is 2.48 bits per heavy atom. The molecule has 1 aromatic carbocycles. The van der Waals surface area contributed by atoms with Crippen molar-refractivity contribution in [3.8, 4) is 0 Å². The second-order valence-electron chi connectivity index (χ2n) is 4.19. The number of nitro groups is 1. The van der Waals surface area contributed by atoms with E-state index in [9.17, 15) is 18.5 Å². The van der Waals surface area contributed by atoms with Gasteiger partial charge in [-0.15, -0.1) is 6.58 Å². The Morgan fingerprint density at radius 2 is 2.00 bits per heavy atom. The summed E-state index contributed by atoms with van der Waals surface area (Å²) in [7, 11) is -3.71. The van der Waals surface area contributed by atoms with Crippen LogP contribution in [-0.4, -0.2) is 37.3 Å². The first-order valence-corrected chi connectivity index (χ1v) is 7.95. The Hall–Kier alpha value is -1.93. The summed E-state index contributed by atoms with van der Waals surface area (Å²) in [6.45, 7) is 7.92. The van der Waals surface area contributed by atoms with E-state index in [4.69, 9.17) is 0 Å². The maximum Gasteiger partial charge on any atom is 0.293 e. The zero-order valence-corrected chi connectivity index (χ0v) is 12.9. The van der Waals surface area contributed by atoms with E-state index in [1.807, 2.05) is 0 Å². The molecule has 1 N–H and O–H groups in total. The van der Waals surface area contributed by atoms with Gasteiger partial charge in [0.25, 0.3) is 5.69 Å². The summed E-state index contributed by atoms with van der Waals surface area (Å²) in [6.07, 6.45) is 1.56. The van der Waals surface area contributed by atoms with Crippen LogP contribution in [0.15, 0.2) is 35.7 Å². The van der Waals surface area contributed by atoms with Gasteiger partial charge in [0.2, 0.25) is 10.0 Å². The molecule has 0 fully saturated rings. The normalized spacial score (nSPS) is 11.4. The van der Waals surface area contributed by atoms with Crippen LogP contribution in [0.4, 0.5) is 11.4 Å². The lowest BCUT2D eigenvalue weighted by atomic mass is 10.2. The van der Waals surface area contributed by atoms with E-state index in [-0.39, 0.29) is 16.3 Å². The molecule has 0 aliphatic heterocycles. The van der Waals surface area contributed by atoms with Crippen molar-refractivity contribution in [1.29, 1.82) is 0 Å². The highest BCUT2D eigenvalue weighted by Crippen LogP contribution is 2.28. The smallest absolute Gasteiger partial charge is 0.293 e. The van der Waals surface area contributed by atoms with Crippen molar-refractivity contribution in [3.63, 3.8) is 0 Å². The topological polar surface area (TPSA) is 92.6 Å². The van der Waals surface area contributed by atoms with Crippen molar-refractivity contribution >= 4 is 21.4 Å². The predicted molar refractivity (Wildman–Crippen MR) is 81.9 cm³/mol. The Bertz CT molecular complexity index is 624. The van der Waals surface area contributed by atoms with Crippen LogP contribution >= 0.6 is 0 Å². The number of hydrogen-bond acceptors (Lipinski definition) is 5. The van der Waals surface area contributed by atoms with Gasteiger partial charge in [0.1, 0.15) is 5.69 Å². The third-order valence-corrected chi connectivity index (χ3v) is 4.99. The van der Waals surface area contributed by atoms with Crippen LogP contribution in [0.3, 0.4) is 0 Å². The summed E-state index contributed by atoms with van der Waals surface area (Å²) in [5.41, 5.74) is -0.0107. The van der Waals surface area contributed by atoms with Crippen LogP contribution in [0.1, 0.15) is 13.8 Å². The van der Waals surface area contributed by atoms with Gasteiger partial charge in [-0.1, -0.05) is 19.9 Å². The molecule has 21 heavy (non-hydrogen) atoms. The standard InChI is InChI=1S/C13H19N3O4S/c1-4-9-14-12-8-7-11(10-13(12)16(17)18)21(19,20)15(5-2)6-3/h4,7-8,10,14H,1,5-6,9H2,2-3H3. The minimum Gasteiger partial charge on any atom is -0.376 e. The molecule has 1 rings (SSSR count). The number of rotatable bonds is 8. The average Bonchev–Trinajstić information content (AvgIpc) is 2.45. The van der Waals surface area contributed by atoms with Gasteiger partial charge in [0.15, 0.2) is 0 Å². The largest absolute Gasteiger partial charge is 0.376 e. The fourth-order valence-electron chi connectivity index (χ4n) is 1.87. The van der Waals surface area contributed by atoms with Crippen LogP contribution in [0.25, 0.3) is 0 Å². The summed E-state index contributed by atoms with van der Waals surface area (Å²) in [5, 5.41) is 13.9. The molecule has 0 saturated carbocycles. The lowest BCUT2D eigenvalue weighted by molar-refractivity contribution is -0.384. The van der Waals surface area contributed by atoms with Crippen LogP contribution in [0.5, 0.6) is 0 Å². The van der Waals surface area contributed by atoms with Crippen LogP contribution in [0.2, 0.25) is 0 Å². The summed E-state index contributed by atoms with van der Waals surface area (Å²) in [4.78, 5) is 10.4. The molecule has 1 aromatic rings. The lowest BCUT2D eigenvalue weighted by Gasteiger charge is -2.18. The molecule has 0 bridgehead atoms. The molecule has 0 aliphatic carbocycles. The molecule has 0 atom stereocenters. The second-order valence-corrected chi connectivity index (χ2v) is 6.13. The van der Waals surface area contributed by atoms with E-state index in [0.29, 0.717) is 19.6 Å². The molecular formula is C13H19N3O4S. The summed E-state index contributed by atoms with van der Waals surface area (Å²) in [6, 6.07) is 3.85. The van der Waals surface area contributed by atoms with Gasteiger partial charge in [-0.25, -0.2) is 8.42 Å². The number of hydrogen-bond donors (Lipinski definition) is 1. The average molecular weight is 313 g/mol. The van der Waals surface area contributed by atoms with Crippen LogP contribution in [-0.2, 0) is 10.0 Å². The first-order chi connectivity index (χ1) is 9.88. The first kappa shape index (κ1) is 17.1. The second kappa shape index (κ2) is 7.19. The molecule has 0 heterocycles. The van der Waals surface area contributed by atoms with Gasteiger partial charge in [-0.2, -0.15) is 4.31 Å². The van der Waals surface area contributed by atoms with Gasteiger partial charge >= 0.3 is 0 Å². The molecule has 0 unspecified atom stereocenters. The third kappa shape index (κ3) is 3.79. The molecule has 0 spiro atoms. The lowest BCUT2D eigenvalue weighted by Crippen LogP contribution is -2.30. The van der Waals surface area contributed by atoms with Crippen LogP contribution in [0, 0.1) is 10.1 Å². The molecule has 0 aromatic heterocycles. The molecular weight excluding hydrogens is 294 g/mol. The molecule has 116 valence electrons. The molecule has 7 nitrogen and oxygen atoms in total. The molecule has 0 aliphatic rings. The van der Waals surface area contributed by atoms with E-state index in [0.717, 1.165) is 6.07 Å². The zero-order valence-electron chi connectivity index (χ0n) is 12.1. The highest BCUT2D eigenvalue weighted by molar-refractivity contribution is 7.89. The summed E-state index contributed by atoms with van der Waals surface area (Å²) in [5.74, 6) is 0. The Morgan fingerprint density at radius 1 is 1.38 bits per heavy atom. The fourth-order valence-corrected chi connectivity index (χ4v) is 3.35. The van der Waals surface area contributed by atoms with Gasteiger partial charge in [-0.05, 0) is 12.1 Å². The van der Waals surface area contributed by atoms with Crippen LogP contribution < -0.4 is 5.32 Å². The van der Waals surface area contributed by atoms with Crippen molar-refractivity contribution in [2.45, 2.75) is 18.7 Å². The summed E-state index contributed by atoms with van der Waals surface area (Å²) >= 11 is 0. The molecule has 0 saturated heterocycles. The van der Waals surface area contributed by atoms with E-state index in [1.165, 1.54) is 16.4 Å². The highest BCUT2D eigenvalue weighted by atomic mass is 32.2. The minimum atomic E-state index is -3.71. The molecule has 0 amide bonds. The van der Waals surface area contributed by atoms with E-state index in [1.54, 1.807) is 19.9 Å². The first-order valence-electron chi connectivity index (χ1n) is 6.51. The number of nitrogens with zero attached hydrogens (tertiary/aromatic N) is 2. The number of sulfonamides is 1. The number of nitro benzene ring substituents is 1. The molecule has 8 heteroatoms. The van der Waals surface area contributed by atoms with E-state index in [2.05, 4.69) is 11.9 Å². The maximum absolute atomic E-state index is 12.4. The predicted octanol–water partition coefficient (Wildman–Crippen LogP) is 2.22. The van der Waals surface area contributed by atoms with Crippen molar-refractivity contribution in [1.82, 2.24) is 4.31 Å². The monoisotopic (exact) mass is 313 g/mol. The van der Waals surface area contributed by atoms with Crippen molar-refractivity contribution in [2.24, 2.45) is 0 Å². The van der Waals surface area contributed by atoms with E-state index >= 15 is 0 Å². The minimum absolute atomic E-state index is 0.0814. The number of anilines is 1. The van der Waals surface area contributed by atoms with Crippen molar-refractivity contribution < 1.29 is 13.3 Å². The quantitative estimate of drug-likeness (QED) is 0.451.